The van der Waals surface area contributed by atoms with Crippen molar-refractivity contribution in [2.24, 2.45) is 4.99 Å². The Bertz CT molecular complexity index is 1130. The molecule has 0 spiro atoms. The van der Waals surface area contributed by atoms with Crippen LogP contribution < -0.4 is 25.6 Å². The summed E-state index contributed by atoms with van der Waals surface area (Å²) in [6, 6.07) is 15.3. The van der Waals surface area contributed by atoms with Crippen LogP contribution in [0.15, 0.2) is 59.7 Å². The van der Waals surface area contributed by atoms with Crippen LogP contribution in [0.1, 0.15) is 5.56 Å². The van der Waals surface area contributed by atoms with Crippen molar-refractivity contribution in [3.8, 4) is 5.75 Å². The number of carbonyl (C=O) groups is 1. The molecule has 3 aromatic rings. The molecule has 0 unspecified atom stereocenters. The number of aliphatic imine (C=N–C) groups is 1. The van der Waals surface area contributed by atoms with E-state index in [0.29, 0.717) is 28.9 Å². The third kappa shape index (κ3) is 5.27. The average Bonchev–Trinajstić information content (AvgIpc) is 2.89. The second-order valence-corrected chi connectivity index (χ2v) is 7.41. The number of nitrogens with zero attached hydrogens (tertiary/aromatic N) is 4. The molecule has 0 bridgehead atoms. The fraction of sp³-hybridized carbons (Fsp3) is 0.250. The Morgan fingerprint density at radius 2 is 1.97 bits per heavy atom. The molecule has 4 rings (SSSR count). The standard InChI is InChI=1S/C24H27N7O2/c1-25-23-20(28-21(16-32)17-6-4-3-5-7-17)15-27-24(30-23)29-19-9-8-18(14-22(19)33-2)31-12-10-26-11-13-31/h3-9,14-16,26H,10-13H2,1-2H3,(H2,25,27,29,30). The minimum atomic E-state index is 0.307. The number of aromatic nitrogens is 2. The largest absolute Gasteiger partial charge is 0.494 e. The zero-order chi connectivity index (χ0) is 23.0. The molecule has 9 heteroatoms. The number of piperazine rings is 1. The lowest BCUT2D eigenvalue weighted by Gasteiger charge is -2.30. The van der Waals surface area contributed by atoms with E-state index in [2.05, 4.69) is 41.9 Å². The van der Waals surface area contributed by atoms with Crippen LogP contribution in [-0.4, -0.2) is 62.3 Å². The lowest BCUT2D eigenvalue weighted by Crippen LogP contribution is -2.43. The van der Waals surface area contributed by atoms with E-state index < -0.39 is 0 Å². The van der Waals surface area contributed by atoms with Gasteiger partial charge in [-0.15, -0.1) is 0 Å². The summed E-state index contributed by atoms with van der Waals surface area (Å²) in [4.78, 5) is 27.3. The van der Waals surface area contributed by atoms with Crippen molar-refractivity contribution in [3.05, 3.63) is 60.3 Å². The summed E-state index contributed by atoms with van der Waals surface area (Å²) in [5, 5.41) is 9.60. The number of methoxy groups -OCH3 is 1. The summed E-state index contributed by atoms with van der Waals surface area (Å²) in [5.41, 5.74) is 3.37. The molecule has 1 aromatic heterocycles. The molecule has 2 heterocycles. The van der Waals surface area contributed by atoms with Gasteiger partial charge in [0.25, 0.3) is 0 Å². The van der Waals surface area contributed by atoms with E-state index in [1.165, 1.54) is 0 Å². The number of ether oxygens (including phenoxy) is 1. The number of hydrogen-bond acceptors (Lipinski definition) is 9. The molecule has 0 aliphatic carbocycles. The van der Waals surface area contributed by atoms with Crippen molar-refractivity contribution in [3.63, 3.8) is 0 Å². The van der Waals surface area contributed by atoms with Crippen molar-refractivity contribution in [2.45, 2.75) is 0 Å². The van der Waals surface area contributed by atoms with E-state index in [9.17, 15) is 4.79 Å². The topological polar surface area (TPSA) is 104 Å². The molecule has 0 atom stereocenters. The number of hydrogen-bond donors (Lipinski definition) is 3. The summed E-state index contributed by atoms with van der Waals surface area (Å²) < 4.78 is 5.61. The third-order valence-corrected chi connectivity index (χ3v) is 5.34. The molecular weight excluding hydrogens is 418 g/mol. The normalized spacial score (nSPS) is 14.0. The van der Waals surface area contributed by atoms with Gasteiger partial charge in [0.15, 0.2) is 12.1 Å². The Kier molecular flexibility index (Phi) is 7.11. The maximum absolute atomic E-state index is 11.6. The number of rotatable bonds is 8. The van der Waals surface area contributed by atoms with Gasteiger partial charge < -0.3 is 25.6 Å². The summed E-state index contributed by atoms with van der Waals surface area (Å²) in [5.74, 6) is 1.59. The van der Waals surface area contributed by atoms with Gasteiger partial charge in [-0.3, -0.25) is 4.79 Å². The first kappa shape index (κ1) is 22.2. The van der Waals surface area contributed by atoms with Crippen molar-refractivity contribution in [1.82, 2.24) is 15.3 Å². The molecule has 33 heavy (non-hydrogen) atoms. The second kappa shape index (κ2) is 10.6. The van der Waals surface area contributed by atoms with E-state index in [1.54, 1.807) is 20.4 Å². The predicted molar refractivity (Wildman–Crippen MR) is 132 cm³/mol. The molecule has 9 nitrogen and oxygen atoms in total. The van der Waals surface area contributed by atoms with Crippen LogP contribution in [0.5, 0.6) is 5.75 Å². The molecule has 0 saturated carbocycles. The summed E-state index contributed by atoms with van der Waals surface area (Å²) in [6.45, 7) is 3.85. The average molecular weight is 446 g/mol. The highest BCUT2D eigenvalue weighted by atomic mass is 16.5. The number of anilines is 4. The quantitative estimate of drug-likeness (QED) is 0.359. The van der Waals surface area contributed by atoms with E-state index in [4.69, 9.17) is 4.74 Å². The van der Waals surface area contributed by atoms with Gasteiger partial charge >= 0.3 is 0 Å². The number of nitrogens with one attached hydrogen (secondary N) is 3. The minimum absolute atomic E-state index is 0.307. The molecule has 1 saturated heterocycles. The van der Waals surface area contributed by atoms with Gasteiger partial charge in [0.1, 0.15) is 17.1 Å². The molecule has 3 N–H and O–H groups in total. The molecule has 2 aromatic carbocycles. The lowest BCUT2D eigenvalue weighted by atomic mass is 10.1. The molecule has 1 aliphatic heterocycles. The zero-order valence-electron chi connectivity index (χ0n) is 18.7. The highest BCUT2D eigenvalue weighted by Gasteiger charge is 2.14. The Balaban J connectivity index is 1.58. The van der Waals surface area contributed by atoms with E-state index >= 15 is 0 Å². The van der Waals surface area contributed by atoms with Gasteiger partial charge in [0, 0.05) is 50.5 Å². The molecule has 0 radical (unpaired) electrons. The van der Waals surface area contributed by atoms with Crippen LogP contribution in [0.3, 0.4) is 0 Å². The summed E-state index contributed by atoms with van der Waals surface area (Å²) in [7, 11) is 3.39. The van der Waals surface area contributed by atoms with Crippen molar-refractivity contribution in [2.75, 3.05) is 55.9 Å². The third-order valence-electron chi connectivity index (χ3n) is 5.34. The van der Waals surface area contributed by atoms with Crippen LogP contribution in [-0.2, 0) is 4.79 Å². The Hall–Kier alpha value is -3.98. The van der Waals surface area contributed by atoms with Gasteiger partial charge in [0.05, 0.1) is 19.0 Å². The zero-order valence-corrected chi connectivity index (χ0v) is 18.7. The maximum atomic E-state index is 11.6. The van der Waals surface area contributed by atoms with E-state index in [1.807, 2.05) is 42.5 Å². The Morgan fingerprint density at radius 1 is 1.18 bits per heavy atom. The van der Waals surface area contributed by atoms with Crippen LogP contribution in [0.25, 0.3) is 0 Å². The number of carbonyl (C=O) groups excluding carboxylic acids is 1. The van der Waals surface area contributed by atoms with Gasteiger partial charge in [-0.25, -0.2) is 9.98 Å². The predicted octanol–water partition coefficient (Wildman–Crippen LogP) is 3.00. The highest BCUT2D eigenvalue weighted by molar-refractivity contribution is 6.36. The molecule has 1 fully saturated rings. The Morgan fingerprint density at radius 3 is 2.67 bits per heavy atom. The second-order valence-electron chi connectivity index (χ2n) is 7.41. The van der Waals surface area contributed by atoms with Crippen molar-refractivity contribution in [1.29, 1.82) is 0 Å². The molecule has 1 aliphatic rings. The minimum Gasteiger partial charge on any atom is -0.494 e. The van der Waals surface area contributed by atoms with Crippen molar-refractivity contribution >= 4 is 40.8 Å². The number of aldehydes is 1. The molecule has 0 amide bonds. The summed E-state index contributed by atoms with van der Waals surface area (Å²) in [6.07, 6.45) is 2.31. The smallest absolute Gasteiger partial charge is 0.229 e. The van der Waals surface area contributed by atoms with Gasteiger partial charge in [0.2, 0.25) is 5.95 Å². The first-order valence-electron chi connectivity index (χ1n) is 10.8. The van der Waals surface area contributed by atoms with Crippen LogP contribution in [0.2, 0.25) is 0 Å². The summed E-state index contributed by atoms with van der Waals surface area (Å²) >= 11 is 0. The molecule has 170 valence electrons. The number of benzene rings is 2. The van der Waals surface area contributed by atoms with Crippen LogP contribution in [0.4, 0.5) is 28.8 Å². The monoisotopic (exact) mass is 445 g/mol. The fourth-order valence-corrected chi connectivity index (χ4v) is 3.62. The van der Waals surface area contributed by atoms with Crippen LogP contribution >= 0.6 is 0 Å². The van der Waals surface area contributed by atoms with Gasteiger partial charge in [-0.2, -0.15) is 4.98 Å². The Labute approximate surface area is 192 Å². The maximum Gasteiger partial charge on any atom is 0.229 e. The first-order valence-corrected chi connectivity index (χ1v) is 10.8. The van der Waals surface area contributed by atoms with Crippen molar-refractivity contribution < 1.29 is 9.53 Å². The van der Waals surface area contributed by atoms with Gasteiger partial charge in [-0.05, 0) is 12.1 Å². The van der Waals surface area contributed by atoms with Crippen LogP contribution in [0, 0.1) is 0 Å². The van der Waals surface area contributed by atoms with Gasteiger partial charge in [-0.1, -0.05) is 30.3 Å². The lowest BCUT2D eigenvalue weighted by molar-refractivity contribution is -0.102. The fourth-order valence-electron chi connectivity index (χ4n) is 3.62. The SMILES string of the molecule is CNc1nc(Nc2ccc(N3CCNCC3)cc2OC)ncc1N=C(C=O)c1ccccc1. The van der Waals surface area contributed by atoms with E-state index in [0.717, 1.165) is 49.4 Å². The highest BCUT2D eigenvalue weighted by Crippen LogP contribution is 2.32. The molecular formula is C24H27N7O2. The first-order chi connectivity index (χ1) is 16.2. The van der Waals surface area contributed by atoms with E-state index in [-0.39, 0.29) is 0 Å².